The van der Waals surface area contributed by atoms with Crippen molar-refractivity contribution in [2.75, 3.05) is 43.4 Å². The molecule has 0 unspecified atom stereocenters. The van der Waals surface area contributed by atoms with Crippen LogP contribution in [0.4, 0.5) is 20.7 Å². The Bertz CT molecular complexity index is 606. The van der Waals surface area contributed by atoms with Gasteiger partial charge in [-0.3, -0.25) is 5.32 Å². The van der Waals surface area contributed by atoms with E-state index in [1.807, 2.05) is 4.90 Å². The maximum atomic E-state index is 14.1. The quantitative estimate of drug-likeness (QED) is 0.821. The second-order valence-corrected chi connectivity index (χ2v) is 7.28. The molecule has 0 spiro atoms. The number of nitrogens with one attached hydrogen (secondary N) is 1. The molecule has 1 N–H and O–H groups in total. The highest BCUT2D eigenvalue weighted by Crippen LogP contribution is 2.29. The molecule has 1 aromatic heterocycles. The van der Waals surface area contributed by atoms with Gasteiger partial charge in [0.15, 0.2) is 0 Å². The predicted molar refractivity (Wildman–Crippen MR) is 93.4 cm³/mol. The molecule has 0 aliphatic carbocycles. The summed E-state index contributed by atoms with van der Waals surface area (Å²) in [4.78, 5) is 20.0. The van der Waals surface area contributed by atoms with Crippen LogP contribution in [0.15, 0.2) is 6.07 Å². The summed E-state index contributed by atoms with van der Waals surface area (Å²) in [6.45, 7) is 8.60. The van der Waals surface area contributed by atoms with E-state index in [1.165, 1.54) is 0 Å². The lowest BCUT2D eigenvalue weighted by atomic mass is 10.2. The number of anilines is 2. The fourth-order valence-corrected chi connectivity index (χ4v) is 2.57. The van der Waals surface area contributed by atoms with Crippen molar-refractivity contribution >= 4 is 29.2 Å². The Hall–Kier alpha value is -1.60. The Morgan fingerprint density at radius 1 is 1.33 bits per heavy atom. The lowest BCUT2D eigenvalue weighted by molar-refractivity contribution is 0.0636. The summed E-state index contributed by atoms with van der Waals surface area (Å²) in [6.07, 6.45) is 0.272. The fraction of sp³-hybridized carbons (Fsp3) is 0.625. The Labute approximate surface area is 146 Å². The van der Waals surface area contributed by atoms with Crippen molar-refractivity contribution in [3.63, 3.8) is 0 Å². The van der Waals surface area contributed by atoms with Gasteiger partial charge in [0.1, 0.15) is 16.4 Å². The van der Waals surface area contributed by atoms with Gasteiger partial charge in [0.2, 0.25) is 5.95 Å². The molecular weight excluding hydrogens is 335 g/mol. The first kappa shape index (κ1) is 18.7. The third kappa shape index (κ3) is 5.21. The van der Waals surface area contributed by atoms with Gasteiger partial charge in [-0.2, -0.15) is 4.39 Å². The normalized spacial score (nSPS) is 16.7. The van der Waals surface area contributed by atoms with Gasteiger partial charge in [-0.15, -0.1) is 0 Å². The molecule has 0 aromatic carbocycles. The van der Waals surface area contributed by atoms with Crippen LogP contribution in [0.2, 0.25) is 5.02 Å². The zero-order valence-electron chi connectivity index (χ0n) is 14.5. The number of carbonyl (C=O) groups excluding carboxylic acids is 1. The number of hydrogen-bond acceptors (Lipinski definition) is 5. The van der Waals surface area contributed by atoms with Crippen LogP contribution in [0, 0.1) is 5.95 Å². The average Bonchev–Trinajstić information content (AvgIpc) is 2.66. The third-order valence-electron chi connectivity index (χ3n) is 3.58. The summed E-state index contributed by atoms with van der Waals surface area (Å²) in [5.41, 5.74) is -0.494. The van der Waals surface area contributed by atoms with E-state index in [1.54, 1.807) is 26.8 Å². The molecule has 6 nitrogen and oxygen atoms in total. The van der Waals surface area contributed by atoms with Crippen LogP contribution in [0.1, 0.15) is 27.2 Å². The van der Waals surface area contributed by atoms with Crippen molar-refractivity contribution < 1.29 is 13.9 Å². The number of aromatic nitrogens is 1. The summed E-state index contributed by atoms with van der Waals surface area (Å²) in [7, 11) is 2.05. The van der Waals surface area contributed by atoms with Crippen LogP contribution in [0.5, 0.6) is 0 Å². The van der Waals surface area contributed by atoms with Crippen molar-refractivity contribution in [2.24, 2.45) is 0 Å². The number of halogens is 2. The molecule has 2 heterocycles. The molecule has 1 aromatic rings. The van der Waals surface area contributed by atoms with Gasteiger partial charge in [0.25, 0.3) is 0 Å². The number of amides is 1. The zero-order chi connectivity index (χ0) is 17.9. The monoisotopic (exact) mass is 358 g/mol. The molecule has 1 aliphatic rings. The maximum Gasteiger partial charge on any atom is 0.412 e. The van der Waals surface area contributed by atoms with Crippen LogP contribution >= 0.6 is 11.6 Å². The first-order chi connectivity index (χ1) is 11.2. The highest BCUT2D eigenvalue weighted by molar-refractivity contribution is 6.33. The minimum Gasteiger partial charge on any atom is -0.444 e. The molecule has 134 valence electrons. The van der Waals surface area contributed by atoms with Crippen LogP contribution in [0.3, 0.4) is 0 Å². The van der Waals surface area contributed by atoms with Gasteiger partial charge < -0.3 is 14.5 Å². The first-order valence-corrected chi connectivity index (χ1v) is 8.33. The summed E-state index contributed by atoms with van der Waals surface area (Å²) < 4.78 is 19.3. The summed E-state index contributed by atoms with van der Waals surface area (Å²) >= 11 is 5.94. The average molecular weight is 359 g/mol. The van der Waals surface area contributed by atoms with E-state index >= 15 is 0 Å². The molecule has 0 radical (unpaired) electrons. The Morgan fingerprint density at radius 2 is 2.04 bits per heavy atom. The molecule has 2 rings (SSSR count). The van der Waals surface area contributed by atoms with Crippen LogP contribution in [0.25, 0.3) is 0 Å². The van der Waals surface area contributed by atoms with E-state index in [0.717, 1.165) is 32.6 Å². The molecule has 0 bridgehead atoms. The molecule has 1 amide bonds. The van der Waals surface area contributed by atoms with Gasteiger partial charge in [0, 0.05) is 25.7 Å². The SMILES string of the molecule is CN1CCCN(c2cc(NC(=O)OC(C)(C)C)c(Cl)c(F)n2)CC1. The number of likely N-dealkylation sites (N-methyl/N-ethyl adjacent to an activating group) is 1. The third-order valence-corrected chi connectivity index (χ3v) is 3.94. The largest absolute Gasteiger partial charge is 0.444 e. The maximum absolute atomic E-state index is 14.1. The topological polar surface area (TPSA) is 57.7 Å². The van der Waals surface area contributed by atoms with Crippen molar-refractivity contribution in [2.45, 2.75) is 32.8 Å². The van der Waals surface area contributed by atoms with Crippen LogP contribution < -0.4 is 10.2 Å². The van der Waals surface area contributed by atoms with E-state index in [2.05, 4.69) is 22.2 Å². The molecule has 24 heavy (non-hydrogen) atoms. The predicted octanol–water partition coefficient (Wildman–Crippen LogP) is 3.36. The van der Waals surface area contributed by atoms with Gasteiger partial charge in [-0.25, -0.2) is 9.78 Å². The van der Waals surface area contributed by atoms with Crippen LogP contribution in [-0.2, 0) is 4.74 Å². The van der Waals surface area contributed by atoms with Crippen molar-refractivity contribution in [1.82, 2.24) is 9.88 Å². The number of hydrogen-bond donors (Lipinski definition) is 1. The number of rotatable bonds is 2. The van der Waals surface area contributed by atoms with E-state index in [9.17, 15) is 9.18 Å². The van der Waals surface area contributed by atoms with E-state index in [0.29, 0.717) is 5.82 Å². The summed E-state index contributed by atoms with van der Waals surface area (Å²) in [5, 5.41) is 2.28. The standard InChI is InChI=1S/C16H24ClFN4O2/c1-16(2,3)24-15(23)19-11-10-12(20-14(18)13(11)17)22-7-5-6-21(4)8-9-22/h10H,5-9H2,1-4H3,(H,19,20,23). The molecule has 0 atom stereocenters. The van der Waals surface area contributed by atoms with E-state index in [-0.39, 0.29) is 10.7 Å². The Morgan fingerprint density at radius 3 is 2.71 bits per heavy atom. The zero-order valence-corrected chi connectivity index (χ0v) is 15.3. The molecule has 1 aliphatic heterocycles. The van der Waals surface area contributed by atoms with Crippen molar-refractivity contribution in [1.29, 1.82) is 0 Å². The molecule has 8 heteroatoms. The molecule has 1 saturated heterocycles. The van der Waals surface area contributed by atoms with Gasteiger partial charge >= 0.3 is 6.09 Å². The highest BCUT2D eigenvalue weighted by atomic mass is 35.5. The fourth-order valence-electron chi connectivity index (χ4n) is 2.43. The van der Waals surface area contributed by atoms with Crippen molar-refractivity contribution in [3.05, 3.63) is 17.0 Å². The minimum atomic E-state index is -0.808. The van der Waals surface area contributed by atoms with Gasteiger partial charge in [-0.05, 0) is 40.8 Å². The van der Waals surface area contributed by atoms with Gasteiger partial charge in [0.05, 0.1) is 5.69 Å². The van der Waals surface area contributed by atoms with E-state index in [4.69, 9.17) is 16.3 Å². The highest BCUT2D eigenvalue weighted by Gasteiger charge is 2.21. The van der Waals surface area contributed by atoms with Crippen molar-refractivity contribution in [3.8, 4) is 0 Å². The summed E-state index contributed by atoms with van der Waals surface area (Å²) in [5.74, 6) is -0.351. The number of pyridine rings is 1. The summed E-state index contributed by atoms with van der Waals surface area (Å²) in [6, 6.07) is 1.58. The number of ether oxygens (including phenoxy) is 1. The Kier molecular flexibility index (Phi) is 5.87. The Balaban J connectivity index is 2.20. The van der Waals surface area contributed by atoms with E-state index < -0.39 is 17.6 Å². The number of nitrogens with zero attached hydrogens (tertiary/aromatic N) is 3. The lowest BCUT2D eigenvalue weighted by Crippen LogP contribution is -2.30. The minimum absolute atomic E-state index is 0.158. The smallest absolute Gasteiger partial charge is 0.412 e. The lowest BCUT2D eigenvalue weighted by Gasteiger charge is -2.23. The molecular formula is C16H24ClFN4O2. The second-order valence-electron chi connectivity index (χ2n) is 6.90. The van der Waals surface area contributed by atoms with Crippen LogP contribution in [-0.4, -0.2) is 54.8 Å². The second kappa shape index (κ2) is 7.53. The number of carbonyl (C=O) groups is 1. The van der Waals surface area contributed by atoms with Gasteiger partial charge in [-0.1, -0.05) is 11.6 Å². The first-order valence-electron chi connectivity index (χ1n) is 7.95. The molecule has 1 fully saturated rings. The molecule has 0 saturated carbocycles.